The molecule has 0 saturated carbocycles. The van der Waals surface area contributed by atoms with E-state index in [-0.39, 0.29) is 4.90 Å². The third-order valence-corrected chi connectivity index (χ3v) is 4.87. The molecular weight excluding hydrogens is 270 g/mol. The van der Waals surface area contributed by atoms with Crippen molar-refractivity contribution in [3.8, 4) is 0 Å². The van der Waals surface area contributed by atoms with Gasteiger partial charge in [0.25, 0.3) is 10.0 Å². The van der Waals surface area contributed by atoms with Crippen molar-refractivity contribution in [2.45, 2.75) is 50.8 Å². The summed E-state index contributed by atoms with van der Waals surface area (Å²) in [6.45, 7) is 3.89. The van der Waals surface area contributed by atoms with Gasteiger partial charge in [-0.05, 0) is 56.7 Å². The molecule has 3 nitrogen and oxygen atoms in total. The molecule has 0 atom stereocenters. The standard InChI is InChI=1S/C16H21NO2S/c1-3-16(14-7-5-4-6-8-14)17-20(18,19)15-11-9-13(2)10-12-15/h7,9-12H,3-6,8H2,1-2H3/b17-16-. The zero-order valence-corrected chi connectivity index (χ0v) is 12.9. The Labute approximate surface area is 121 Å². The highest BCUT2D eigenvalue weighted by atomic mass is 32.2. The molecular formula is C16H21NO2S. The number of allylic oxidation sites excluding steroid dienone is 2. The van der Waals surface area contributed by atoms with Crippen molar-refractivity contribution in [3.63, 3.8) is 0 Å². The normalized spacial score (nSPS) is 16.9. The van der Waals surface area contributed by atoms with Gasteiger partial charge in [-0.3, -0.25) is 0 Å². The Kier molecular flexibility index (Phi) is 4.76. The van der Waals surface area contributed by atoms with Crippen molar-refractivity contribution in [2.24, 2.45) is 4.40 Å². The molecule has 0 amide bonds. The van der Waals surface area contributed by atoms with Crippen LogP contribution in [0.15, 0.2) is 45.2 Å². The van der Waals surface area contributed by atoms with Gasteiger partial charge in [-0.25, -0.2) is 0 Å². The van der Waals surface area contributed by atoms with Crippen molar-refractivity contribution in [1.82, 2.24) is 0 Å². The molecule has 0 fully saturated rings. The highest BCUT2D eigenvalue weighted by molar-refractivity contribution is 7.90. The van der Waals surface area contributed by atoms with E-state index in [9.17, 15) is 8.42 Å². The van der Waals surface area contributed by atoms with Crippen LogP contribution in [0.5, 0.6) is 0 Å². The van der Waals surface area contributed by atoms with Crippen molar-refractivity contribution < 1.29 is 8.42 Å². The zero-order valence-electron chi connectivity index (χ0n) is 12.1. The van der Waals surface area contributed by atoms with Crippen LogP contribution in [-0.2, 0) is 10.0 Å². The number of benzene rings is 1. The summed E-state index contributed by atoms with van der Waals surface area (Å²) in [5.74, 6) is 0. The molecule has 20 heavy (non-hydrogen) atoms. The predicted octanol–water partition coefficient (Wildman–Crippen LogP) is 4.04. The molecule has 4 heteroatoms. The van der Waals surface area contributed by atoms with Crippen LogP contribution in [0.25, 0.3) is 0 Å². The van der Waals surface area contributed by atoms with Crippen LogP contribution in [0.1, 0.15) is 44.6 Å². The highest BCUT2D eigenvalue weighted by Crippen LogP contribution is 2.22. The van der Waals surface area contributed by atoms with E-state index in [4.69, 9.17) is 0 Å². The van der Waals surface area contributed by atoms with Gasteiger partial charge in [-0.2, -0.15) is 12.8 Å². The van der Waals surface area contributed by atoms with E-state index in [0.29, 0.717) is 12.1 Å². The fraction of sp³-hybridized carbons (Fsp3) is 0.438. The smallest absolute Gasteiger partial charge is 0.199 e. The molecule has 0 unspecified atom stereocenters. The summed E-state index contributed by atoms with van der Waals surface area (Å²) in [7, 11) is -3.59. The fourth-order valence-electron chi connectivity index (χ4n) is 2.36. The van der Waals surface area contributed by atoms with Crippen molar-refractivity contribution in [3.05, 3.63) is 41.5 Å². The van der Waals surface area contributed by atoms with Crippen LogP contribution >= 0.6 is 0 Å². The van der Waals surface area contributed by atoms with E-state index >= 15 is 0 Å². The molecule has 0 saturated heterocycles. The van der Waals surface area contributed by atoms with Gasteiger partial charge in [0.1, 0.15) is 0 Å². The molecule has 0 aliphatic heterocycles. The van der Waals surface area contributed by atoms with E-state index in [1.165, 1.54) is 6.42 Å². The number of hydrogen-bond donors (Lipinski definition) is 0. The molecule has 0 N–H and O–H groups in total. The van der Waals surface area contributed by atoms with E-state index in [1.807, 2.05) is 13.8 Å². The minimum Gasteiger partial charge on any atom is -0.199 e. The van der Waals surface area contributed by atoms with Gasteiger partial charge in [0.05, 0.1) is 10.6 Å². The van der Waals surface area contributed by atoms with Gasteiger partial charge in [0.15, 0.2) is 0 Å². The molecule has 1 aromatic carbocycles. The first kappa shape index (κ1) is 15.0. The van der Waals surface area contributed by atoms with Gasteiger partial charge in [-0.1, -0.05) is 30.7 Å². The second-order valence-corrected chi connectivity index (χ2v) is 6.76. The molecule has 108 valence electrons. The lowest BCUT2D eigenvalue weighted by molar-refractivity contribution is 0.598. The van der Waals surface area contributed by atoms with Gasteiger partial charge < -0.3 is 0 Å². The number of sulfonamides is 1. The Hall–Kier alpha value is -1.42. The maximum absolute atomic E-state index is 12.3. The van der Waals surface area contributed by atoms with Crippen LogP contribution < -0.4 is 0 Å². The van der Waals surface area contributed by atoms with Gasteiger partial charge >= 0.3 is 0 Å². The minimum atomic E-state index is -3.59. The summed E-state index contributed by atoms with van der Waals surface area (Å²) in [5, 5.41) is 0. The number of hydrogen-bond acceptors (Lipinski definition) is 2. The Morgan fingerprint density at radius 2 is 1.90 bits per heavy atom. The summed E-state index contributed by atoms with van der Waals surface area (Å²) in [6, 6.07) is 6.84. The first-order valence-electron chi connectivity index (χ1n) is 7.13. The summed E-state index contributed by atoms with van der Waals surface area (Å²) < 4.78 is 28.8. The summed E-state index contributed by atoms with van der Waals surface area (Å²) >= 11 is 0. The van der Waals surface area contributed by atoms with Crippen LogP contribution in [0.2, 0.25) is 0 Å². The van der Waals surface area contributed by atoms with Crippen molar-refractivity contribution in [2.75, 3.05) is 0 Å². The topological polar surface area (TPSA) is 46.5 Å². The fourth-order valence-corrected chi connectivity index (χ4v) is 3.48. The third-order valence-electron chi connectivity index (χ3n) is 3.55. The first-order valence-corrected chi connectivity index (χ1v) is 8.57. The monoisotopic (exact) mass is 291 g/mol. The molecule has 0 radical (unpaired) electrons. The zero-order chi connectivity index (χ0) is 14.6. The molecule has 0 spiro atoms. The lowest BCUT2D eigenvalue weighted by atomic mass is 9.95. The maximum atomic E-state index is 12.3. The second-order valence-electron chi connectivity index (χ2n) is 5.15. The average molecular weight is 291 g/mol. The van der Waals surface area contributed by atoms with E-state index in [0.717, 1.165) is 30.4 Å². The largest absolute Gasteiger partial charge is 0.282 e. The van der Waals surface area contributed by atoms with E-state index < -0.39 is 10.0 Å². The summed E-state index contributed by atoms with van der Waals surface area (Å²) in [6.07, 6.45) is 7.06. The van der Waals surface area contributed by atoms with Crippen molar-refractivity contribution in [1.29, 1.82) is 0 Å². The Morgan fingerprint density at radius 3 is 2.45 bits per heavy atom. The van der Waals surface area contributed by atoms with E-state index in [2.05, 4.69) is 10.5 Å². The quantitative estimate of drug-likeness (QED) is 0.786. The Morgan fingerprint density at radius 1 is 1.20 bits per heavy atom. The molecule has 2 rings (SSSR count). The number of rotatable bonds is 4. The first-order chi connectivity index (χ1) is 9.53. The van der Waals surface area contributed by atoms with E-state index in [1.54, 1.807) is 24.3 Å². The summed E-state index contributed by atoms with van der Waals surface area (Å²) in [5.41, 5.74) is 2.86. The maximum Gasteiger partial charge on any atom is 0.282 e. The molecule has 0 bridgehead atoms. The molecule has 1 aliphatic carbocycles. The molecule has 1 aliphatic rings. The number of aryl methyl sites for hydroxylation is 1. The molecule has 0 heterocycles. The molecule has 1 aromatic rings. The van der Waals surface area contributed by atoms with Crippen LogP contribution in [0.3, 0.4) is 0 Å². The Bertz CT molecular complexity index is 625. The lowest BCUT2D eigenvalue weighted by Gasteiger charge is -2.14. The second kappa shape index (κ2) is 6.35. The van der Waals surface area contributed by atoms with Crippen LogP contribution in [0.4, 0.5) is 0 Å². The lowest BCUT2D eigenvalue weighted by Crippen LogP contribution is -2.09. The average Bonchev–Trinajstić information content (AvgIpc) is 2.46. The van der Waals surface area contributed by atoms with Crippen LogP contribution in [-0.4, -0.2) is 14.1 Å². The summed E-state index contributed by atoms with van der Waals surface area (Å²) in [4.78, 5) is 0.269. The number of nitrogens with zero attached hydrogens (tertiary/aromatic N) is 1. The van der Waals surface area contributed by atoms with Crippen LogP contribution in [0, 0.1) is 6.92 Å². The third kappa shape index (κ3) is 3.57. The van der Waals surface area contributed by atoms with Crippen molar-refractivity contribution >= 4 is 15.7 Å². The highest BCUT2D eigenvalue weighted by Gasteiger charge is 2.16. The SMILES string of the molecule is CC/C(=N/S(=O)(=O)c1ccc(C)cc1)C1=CCCCC1. The Balaban J connectivity index is 2.35. The van der Waals surface area contributed by atoms with Gasteiger partial charge in [0.2, 0.25) is 0 Å². The van der Waals surface area contributed by atoms with Gasteiger partial charge in [-0.15, -0.1) is 0 Å². The molecule has 0 aromatic heterocycles. The van der Waals surface area contributed by atoms with Gasteiger partial charge in [0, 0.05) is 0 Å². The minimum absolute atomic E-state index is 0.269. The predicted molar refractivity (Wildman–Crippen MR) is 82.6 cm³/mol.